The van der Waals surface area contributed by atoms with Crippen LogP contribution in [0, 0.1) is 18.3 Å². The van der Waals surface area contributed by atoms with E-state index in [2.05, 4.69) is 4.98 Å². The van der Waals surface area contributed by atoms with Crippen LogP contribution in [0.2, 0.25) is 0 Å². The van der Waals surface area contributed by atoms with E-state index in [9.17, 15) is 8.78 Å². The summed E-state index contributed by atoms with van der Waals surface area (Å²) in [5, 5.41) is 8.45. The molecule has 0 aliphatic rings. The molecule has 1 aromatic rings. The lowest BCUT2D eigenvalue weighted by atomic mass is 10.1. The number of halogens is 2. The first-order chi connectivity index (χ1) is 6.56. The molecule has 0 saturated heterocycles. The minimum atomic E-state index is -2.66. The molecular weight excluding hydrogens is 188 g/mol. The molecule has 0 atom stereocenters. The van der Waals surface area contributed by atoms with E-state index < -0.39 is 6.43 Å². The summed E-state index contributed by atoms with van der Waals surface area (Å²) in [5.41, 5.74) is 6.30. The van der Waals surface area contributed by atoms with Gasteiger partial charge in [0.25, 0.3) is 6.43 Å². The largest absolute Gasteiger partial charge is 0.398 e. The van der Waals surface area contributed by atoms with Gasteiger partial charge in [-0.3, -0.25) is 4.98 Å². The maximum atomic E-state index is 12.3. The van der Waals surface area contributed by atoms with Crippen molar-refractivity contribution >= 4 is 5.69 Å². The Bertz CT molecular complexity index is 382. The second-order valence-corrected chi connectivity index (χ2v) is 2.84. The van der Waals surface area contributed by atoms with Gasteiger partial charge in [-0.2, -0.15) is 5.26 Å². The van der Waals surface area contributed by atoms with Crippen LogP contribution in [0.3, 0.4) is 0 Å². The predicted octanol–water partition coefficient (Wildman–Crippen LogP) is 1.98. The van der Waals surface area contributed by atoms with E-state index in [0.29, 0.717) is 11.3 Å². The van der Waals surface area contributed by atoms with Crippen molar-refractivity contribution in [2.24, 2.45) is 0 Å². The Hall–Kier alpha value is -1.70. The molecule has 0 unspecified atom stereocenters. The number of hydrogen-bond donors (Lipinski definition) is 1. The zero-order valence-corrected chi connectivity index (χ0v) is 7.59. The van der Waals surface area contributed by atoms with Crippen LogP contribution in [0.5, 0.6) is 0 Å². The maximum absolute atomic E-state index is 12.3. The Labute approximate surface area is 80.2 Å². The summed E-state index contributed by atoms with van der Waals surface area (Å²) in [6.45, 7) is 1.66. The first-order valence-electron chi connectivity index (χ1n) is 3.97. The normalized spacial score (nSPS) is 10.2. The summed E-state index contributed by atoms with van der Waals surface area (Å²) in [4.78, 5) is 3.67. The molecule has 1 rings (SSSR count). The standard InChI is InChI=1S/C9H9F2N3/c1-5-6(13)4-8(9(10)11)14-7(5)2-3-12/h4,9H,2H2,1H3,(H2,13,14). The van der Waals surface area contributed by atoms with Crippen LogP contribution in [0.1, 0.15) is 23.4 Å². The molecule has 0 saturated carbocycles. The van der Waals surface area contributed by atoms with Gasteiger partial charge in [0.2, 0.25) is 0 Å². The molecule has 0 radical (unpaired) electrons. The number of anilines is 1. The molecule has 3 nitrogen and oxygen atoms in total. The van der Waals surface area contributed by atoms with Crippen molar-refractivity contribution in [3.05, 3.63) is 23.0 Å². The number of rotatable bonds is 2. The summed E-state index contributed by atoms with van der Waals surface area (Å²) < 4.78 is 24.6. The Morgan fingerprint density at radius 2 is 2.29 bits per heavy atom. The smallest absolute Gasteiger partial charge is 0.280 e. The fourth-order valence-electron chi connectivity index (χ4n) is 1.06. The minimum Gasteiger partial charge on any atom is -0.398 e. The second-order valence-electron chi connectivity index (χ2n) is 2.84. The minimum absolute atomic E-state index is 0.00338. The average Bonchev–Trinajstić information content (AvgIpc) is 2.12. The van der Waals surface area contributed by atoms with Gasteiger partial charge >= 0.3 is 0 Å². The van der Waals surface area contributed by atoms with Crippen molar-refractivity contribution in [2.45, 2.75) is 19.8 Å². The fraction of sp³-hybridized carbons (Fsp3) is 0.333. The highest BCUT2D eigenvalue weighted by molar-refractivity contribution is 5.49. The number of hydrogen-bond acceptors (Lipinski definition) is 3. The molecule has 1 aromatic heterocycles. The number of nitrogens with two attached hydrogens (primary N) is 1. The third kappa shape index (κ3) is 1.96. The van der Waals surface area contributed by atoms with E-state index in [-0.39, 0.29) is 17.8 Å². The quantitative estimate of drug-likeness (QED) is 0.788. The van der Waals surface area contributed by atoms with Gasteiger partial charge in [-0.25, -0.2) is 8.78 Å². The molecule has 0 aliphatic carbocycles. The molecular formula is C9H9F2N3. The molecule has 0 aliphatic heterocycles. The van der Waals surface area contributed by atoms with Gasteiger partial charge in [0.1, 0.15) is 5.69 Å². The Morgan fingerprint density at radius 3 is 2.79 bits per heavy atom. The Kier molecular flexibility index (Phi) is 2.97. The van der Waals surface area contributed by atoms with Gasteiger partial charge in [0.05, 0.1) is 18.2 Å². The van der Waals surface area contributed by atoms with Gasteiger partial charge < -0.3 is 5.73 Å². The van der Waals surface area contributed by atoms with Crippen molar-refractivity contribution in [1.29, 1.82) is 5.26 Å². The predicted molar refractivity (Wildman–Crippen MR) is 47.7 cm³/mol. The molecule has 0 bridgehead atoms. The van der Waals surface area contributed by atoms with Gasteiger partial charge in [0, 0.05) is 5.69 Å². The number of pyridine rings is 1. The molecule has 1 heterocycles. The molecule has 74 valence electrons. The van der Waals surface area contributed by atoms with Crippen LogP contribution in [-0.2, 0) is 6.42 Å². The van der Waals surface area contributed by atoms with Crippen LogP contribution in [-0.4, -0.2) is 4.98 Å². The number of nitrogens with zero attached hydrogens (tertiary/aromatic N) is 2. The van der Waals surface area contributed by atoms with E-state index in [1.807, 2.05) is 6.07 Å². The highest BCUT2D eigenvalue weighted by Gasteiger charge is 2.13. The summed E-state index contributed by atoms with van der Waals surface area (Å²) >= 11 is 0. The number of alkyl halides is 2. The Morgan fingerprint density at radius 1 is 1.64 bits per heavy atom. The van der Waals surface area contributed by atoms with Crippen LogP contribution in [0.4, 0.5) is 14.5 Å². The monoisotopic (exact) mass is 197 g/mol. The van der Waals surface area contributed by atoms with E-state index in [0.717, 1.165) is 6.07 Å². The molecule has 0 fully saturated rings. The SMILES string of the molecule is Cc1c(N)cc(C(F)F)nc1CC#N. The van der Waals surface area contributed by atoms with Crippen molar-refractivity contribution in [3.8, 4) is 6.07 Å². The van der Waals surface area contributed by atoms with E-state index in [4.69, 9.17) is 11.0 Å². The van der Waals surface area contributed by atoms with Crippen LogP contribution in [0.25, 0.3) is 0 Å². The Balaban J connectivity index is 3.22. The highest BCUT2D eigenvalue weighted by Crippen LogP contribution is 2.23. The van der Waals surface area contributed by atoms with Crippen LogP contribution >= 0.6 is 0 Å². The maximum Gasteiger partial charge on any atom is 0.280 e. The van der Waals surface area contributed by atoms with Gasteiger partial charge in [-0.05, 0) is 18.6 Å². The summed E-state index contributed by atoms with van der Waals surface area (Å²) in [7, 11) is 0. The van der Waals surface area contributed by atoms with E-state index >= 15 is 0 Å². The van der Waals surface area contributed by atoms with Gasteiger partial charge in [-0.1, -0.05) is 0 Å². The molecule has 2 N–H and O–H groups in total. The lowest BCUT2D eigenvalue weighted by Crippen LogP contribution is -2.03. The number of aromatic nitrogens is 1. The summed E-state index contributed by atoms with van der Waals surface area (Å²) in [5.74, 6) is 0. The van der Waals surface area contributed by atoms with E-state index in [1.165, 1.54) is 0 Å². The molecule has 0 spiro atoms. The third-order valence-electron chi connectivity index (χ3n) is 1.90. The first kappa shape index (κ1) is 10.4. The van der Waals surface area contributed by atoms with Crippen molar-refractivity contribution in [1.82, 2.24) is 4.98 Å². The van der Waals surface area contributed by atoms with Crippen LogP contribution in [0.15, 0.2) is 6.07 Å². The molecule has 5 heteroatoms. The zero-order valence-electron chi connectivity index (χ0n) is 7.59. The van der Waals surface area contributed by atoms with Gasteiger partial charge in [0.15, 0.2) is 0 Å². The lowest BCUT2D eigenvalue weighted by Gasteiger charge is -2.07. The fourth-order valence-corrected chi connectivity index (χ4v) is 1.06. The number of nitriles is 1. The van der Waals surface area contributed by atoms with E-state index in [1.54, 1.807) is 6.92 Å². The highest BCUT2D eigenvalue weighted by atomic mass is 19.3. The number of nitrogen functional groups attached to an aromatic ring is 1. The average molecular weight is 197 g/mol. The van der Waals surface area contributed by atoms with Crippen molar-refractivity contribution < 1.29 is 8.78 Å². The molecule has 14 heavy (non-hydrogen) atoms. The summed E-state index contributed by atoms with van der Waals surface area (Å²) in [6.07, 6.45) is -2.66. The van der Waals surface area contributed by atoms with Crippen LogP contribution < -0.4 is 5.73 Å². The second kappa shape index (κ2) is 4.01. The summed E-state index contributed by atoms with van der Waals surface area (Å²) in [6, 6.07) is 2.99. The molecule has 0 amide bonds. The third-order valence-corrected chi connectivity index (χ3v) is 1.90. The lowest BCUT2D eigenvalue weighted by molar-refractivity contribution is 0.146. The zero-order chi connectivity index (χ0) is 10.7. The van der Waals surface area contributed by atoms with Crippen molar-refractivity contribution in [3.63, 3.8) is 0 Å². The molecule has 0 aromatic carbocycles. The van der Waals surface area contributed by atoms with Gasteiger partial charge in [-0.15, -0.1) is 0 Å². The topological polar surface area (TPSA) is 62.7 Å². The first-order valence-corrected chi connectivity index (χ1v) is 3.97. The van der Waals surface area contributed by atoms with Crippen molar-refractivity contribution in [2.75, 3.05) is 5.73 Å².